The van der Waals surface area contributed by atoms with E-state index >= 15 is 0 Å². The number of hydrogen-bond acceptors (Lipinski definition) is 6. The van der Waals surface area contributed by atoms with Crippen molar-refractivity contribution in [2.75, 3.05) is 13.2 Å². The molecule has 0 saturated heterocycles. The van der Waals surface area contributed by atoms with Gasteiger partial charge in [0, 0.05) is 19.3 Å². The molecule has 1 atom stereocenters. The topological polar surface area (TPSA) is 78.9 Å². The Morgan fingerprint density at radius 3 is 0.969 bits per heavy atom. The van der Waals surface area contributed by atoms with Crippen LogP contribution in [0.3, 0.4) is 0 Å². The largest absolute Gasteiger partial charge is 0.462 e. The minimum absolute atomic E-state index is 0.0917. The van der Waals surface area contributed by atoms with Crippen molar-refractivity contribution in [2.24, 2.45) is 0 Å². The molecule has 6 heteroatoms. The highest BCUT2D eigenvalue weighted by atomic mass is 16.6. The molecule has 0 spiro atoms. The Balaban J connectivity index is 4.42. The molecule has 0 saturated carbocycles. The van der Waals surface area contributed by atoms with Gasteiger partial charge < -0.3 is 14.2 Å². The first-order chi connectivity index (χ1) is 31.5. The van der Waals surface area contributed by atoms with Crippen LogP contribution in [0.1, 0.15) is 245 Å². The molecule has 0 aromatic carbocycles. The van der Waals surface area contributed by atoms with Gasteiger partial charge in [0.25, 0.3) is 0 Å². The summed E-state index contributed by atoms with van der Waals surface area (Å²) in [6, 6.07) is 0. The van der Waals surface area contributed by atoms with Crippen LogP contribution >= 0.6 is 0 Å². The summed E-state index contributed by atoms with van der Waals surface area (Å²) in [5.41, 5.74) is 0. The fourth-order valence-electron chi connectivity index (χ4n) is 7.10. The predicted octanol–water partition coefficient (Wildman–Crippen LogP) is 17.6. The number of esters is 3. The van der Waals surface area contributed by atoms with Crippen molar-refractivity contribution < 1.29 is 28.6 Å². The van der Waals surface area contributed by atoms with Crippen LogP contribution in [0.5, 0.6) is 0 Å². The van der Waals surface area contributed by atoms with Crippen LogP contribution in [-0.4, -0.2) is 37.2 Å². The Morgan fingerprint density at radius 2 is 0.609 bits per heavy atom. The van der Waals surface area contributed by atoms with E-state index in [-0.39, 0.29) is 31.1 Å². The molecule has 0 N–H and O–H groups in total. The van der Waals surface area contributed by atoms with Gasteiger partial charge in [-0.2, -0.15) is 0 Å². The molecule has 0 bridgehead atoms. The summed E-state index contributed by atoms with van der Waals surface area (Å²) in [6.07, 6.45) is 67.0. The molecular formula is C58H98O6. The summed E-state index contributed by atoms with van der Waals surface area (Å²) in [4.78, 5) is 38.0. The highest BCUT2D eigenvalue weighted by molar-refractivity contribution is 5.71. The maximum Gasteiger partial charge on any atom is 0.306 e. The van der Waals surface area contributed by atoms with Crippen LogP contribution in [0.25, 0.3) is 0 Å². The zero-order valence-corrected chi connectivity index (χ0v) is 41.8. The first kappa shape index (κ1) is 60.6. The van der Waals surface area contributed by atoms with E-state index in [1.807, 2.05) is 0 Å². The van der Waals surface area contributed by atoms with Crippen molar-refractivity contribution in [1.82, 2.24) is 0 Å². The van der Waals surface area contributed by atoms with Crippen LogP contribution in [0.4, 0.5) is 0 Å². The van der Waals surface area contributed by atoms with Crippen LogP contribution in [0.2, 0.25) is 0 Å². The minimum Gasteiger partial charge on any atom is -0.462 e. The van der Waals surface area contributed by atoms with Crippen LogP contribution < -0.4 is 0 Å². The van der Waals surface area contributed by atoms with Crippen LogP contribution in [0.15, 0.2) is 85.1 Å². The summed E-state index contributed by atoms with van der Waals surface area (Å²) in [6.45, 7) is 6.44. The predicted molar refractivity (Wildman–Crippen MR) is 274 cm³/mol. The molecule has 0 amide bonds. The van der Waals surface area contributed by atoms with Gasteiger partial charge >= 0.3 is 17.9 Å². The van der Waals surface area contributed by atoms with E-state index in [9.17, 15) is 14.4 Å². The van der Waals surface area contributed by atoms with Gasteiger partial charge in [0.15, 0.2) is 6.10 Å². The van der Waals surface area contributed by atoms with E-state index in [0.29, 0.717) is 19.3 Å². The number of unbranched alkanes of at least 4 members (excludes halogenated alkanes) is 22. The molecule has 6 nitrogen and oxygen atoms in total. The molecule has 0 heterocycles. The number of carbonyl (C=O) groups is 3. The Hall–Kier alpha value is -3.41. The van der Waals surface area contributed by atoms with Crippen molar-refractivity contribution in [3.05, 3.63) is 85.1 Å². The van der Waals surface area contributed by atoms with Crippen molar-refractivity contribution in [3.63, 3.8) is 0 Å². The van der Waals surface area contributed by atoms with E-state index in [1.54, 1.807) is 0 Å². The molecule has 0 radical (unpaired) electrons. The van der Waals surface area contributed by atoms with E-state index < -0.39 is 6.10 Å². The third-order valence-electron chi connectivity index (χ3n) is 11.1. The molecule has 64 heavy (non-hydrogen) atoms. The standard InChI is InChI=1S/C58H98O6/c1-4-7-10-13-16-19-22-25-27-28-29-30-32-33-36-39-42-45-48-51-57(60)63-54-55(53-62-56(59)50-47-44-41-38-35-24-21-18-15-12-9-6-3)64-58(61)52-49-46-43-40-37-34-31-26-23-20-17-14-11-8-5-2/h7,10,16-21,25-27,29-31,55H,4-6,8-9,11-15,22-24,28,32-54H2,1-3H3/b10-7-,19-16-,20-17-,21-18-,27-25-,30-29-,31-26-. The second kappa shape index (κ2) is 52.2. The first-order valence-corrected chi connectivity index (χ1v) is 26.6. The Kier molecular flexibility index (Phi) is 49.4. The number of carbonyl (C=O) groups excluding carboxylic acids is 3. The summed E-state index contributed by atoms with van der Waals surface area (Å²) < 4.78 is 16.8. The van der Waals surface area contributed by atoms with Crippen molar-refractivity contribution in [3.8, 4) is 0 Å². The molecular weight excluding hydrogens is 793 g/mol. The smallest absolute Gasteiger partial charge is 0.306 e. The summed E-state index contributed by atoms with van der Waals surface area (Å²) in [5.74, 6) is -0.928. The maximum atomic E-state index is 12.8. The van der Waals surface area contributed by atoms with E-state index in [4.69, 9.17) is 14.2 Å². The molecule has 0 rings (SSSR count). The molecule has 0 aliphatic carbocycles. The lowest BCUT2D eigenvalue weighted by atomic mass is 10.1. The minimum atomic E-state index is -0.793. The van der Waals surface area contributed by atoms with Gasteiger partial charge in [-0.15, -0.1) is 0 Å². The SMILES string of the molecule is CC/C=C\C/C=C\C/C=C\C/C=C\CCCCCCCCC(=O)OCC(COC(=O)CCCCCCC/C=C\CCCCC)OC(=O)CCCCCCC/C=C\C/C=C\CCCCC. The maximum absolute atomic E-state index is 12.8. The van der Waals surface area contributed by atoms with Crippen molar-refractivity contribution >= 4 is 17.9 Å². The number of rotatable bonds is 47. The fraction of sp³-hybridized carbons (Fsp3) is 0.707. The molecule has 0 aliphatic heterocycles. The first-order valence-electron chi connectivity index (χ1n) is 26.6. The summed E-state index contributed by atoms with van der Waals surface area (Å²) in [5, 5.41) is 0. The van der Waals surface area contributed by atoms with Gasteiger partial charge in [-0.1, -0.05) is 196 Å². The molecule has 1 unspecified atom stereocenters. The Labute approximate surface area is 395 Å². The average molecular weight is 891 g/mol. The normalized spacial score (nSPS) is 12.7. The van der Waals surface area contributed by atoms with E-state index in [2.05, 4.69) is 106 Å². The fourth-order valence-corrected chi connectivity index (χ4v) is 7.10. The second-order valence-corrected chi connectivity index (χ2v) is 17.4. The monoisotopic (exact) mass is 891 g/mol. The lowest BCUT2D eigenvalue weighted by Gasteiger charge is -2.18. The van der Waals surface area contributed by atoms with Gasteiger partial charge in [-0.25, -0.2) is 0 Å². The second-order valence-electron chi connectivity index (χ2n) is 17.4. The number of hydrogen-bond donors (Lipinski definition) is 0. The highest BCUT2D eigenvalue weighted by Gasteiger charge is 2.19. The zero-order chi connectivity index (χ0) is 46.5. The highest BCUT2D eigenvalue weighted by Crippen LogP contribution is 2.14. The Bertz CT molecular complexity index is 1250. The van der Waals surface area contributed by atoms with Gasteiger partial charge in [-0.05, 0) is 116 Å². The third kappa shape index (κ3) is 49.6. The van der Waals surface area contributed by atoms with Gasteiger partial charge in [-0.3, -0.25) is 14.4 Å². The van der Waals surface area contributed by atoms with Crippen molar-refractivity contribution in [2.45, 2.75) is 252 Å². The molecule has 366 valence electrons. The molecule has 0 aromatic rings. The molecule has 0 fully saturated rings. The third-order valence-corrected chi connectivity index (χ3v) is 11.1. The summed E-state index contributed by atoms with van der Waals surface area (Å²) >= 11 is 0. The van der Waals surface area contributed by atoms with Crippen LogP contribution in [0, 0.1) is 0 Å². The summed E-state index contributed by atoms with van der Waals surface area (Å²) in [7, 11) is 0. The lowest BCUT2D eigenvalue weighted by molar-refractivity contribution is -0.167. The van der Waals surface area contributed by atoms with E-state index in [0.717, 1.165) is 128 Å². The molecule has 0 aromatic heterocycles. The van der Waals surface area contributed by atoms with Gasteiger partial charge in [0.05, 0.1) is 0 Å². The quantitative estimate of drug-likeness (QED) is 0.0262. The van der Waals surface area contributed by atoms with E-state index in [1.165, 1.54) is 77.0 Å². The molecule has 0 aliphatic rings. The zero-order valence-electron chi connectivity index (χ0n) is 41.8. The van der Waals surface area contributed by atoms with Crippen molar-refractivity contribution in [1.29, 1.82) is 0 Å². The number of ether oxygens (including phenoxy) is 3. The van der Waals surface area contributed by atoms with Gasteiger partial charge in [0.2, 0.25) is 0 Å². The van der Waals surface area contributed by atoms with Gasteiger partial charge in [0.1, 0.15) is 13.2 Å². The average Bonchev–Trinajstić information content (AvgIpc) is 3.29. The number of allylic oxidation sites excluding steroid dienone is 14. The Morgan fingerprint density at radius 1 is 0.328 bits per heavy atom. The lowest BCUT2D eigenvalue weighted by Crippen LogP contribution is -2.30. The van der Waals surface area contributed by atoms with Crippen LogP contribution in [-0.2, 0) is 28.6 Å².